The van der Waals surface area contributed by atoms with Gasteiger partial charge in [-0.25, -0.2) is 14.8 Å². The van der Waals surface area contributed by atoms with E-state index in [2.05, 4.69) is 70.6 Å². The number of carboxylic acid groups (broad SMARTS) is 1. The first-order chi connectivity index (χ1) is 23.1. The zero-order valence-electron chi connectivity index (χ0n) is 29.5. The fourth-order valence-corrected chi connectivity index (χ4v) is 6.77. The van der Waals surface area contributed by atoms with Crippen LogP contribution in [0.2, 0.25) is 0 Å². The molecule has 0 aliphatic carbocycles. The van der Waals surface area contributed by atoms with Crippen LogP contribution in [-0.4, -0.2) is 63.2 Å². The number of benzene rings is 3. The Morgan fingerprint density at radius 1 is 1.10 bits per heavy atom. The van der Waals surface area contributed by atoms with Gasteiger partial charge in [0.25, 0.3) is 0 Å². The first-order valence-electron chi connectivity index (χ1n) is 16.6. The monoisotopic (exact) mass is 663 g/mol. The van der Waals surface area contributed by atoms with Gasteiger partial charge in [0.1, 0.15) is 17.2 Å². The molecule has 0 saturated carbocycles. The maximum absolute atomic E-state index is 11.7. The number of fused-ring (bicyclic) bond motifs is 2. The number of rotatable bonds is 9. The van der Waals surface area contributed by atoms with E-state index < -0.39 is 5.97 Å². The maximum Gasteiger partial charge on any atom is 0.335 e. The van der Waals surface area contributed by atoms with Gasteiger partial charge < -0.3 is 25.2 Å². The summed E-state index contributed by atoms with van der Waals surface area (Å²) in [6.07, 6.45) is 1.88. The summed E-state index contributed by atoms with van der Waals surface area (Å²) < 4.78 is 11.3. The van der Waals surface area contributed by atoms with Crippen molar-refractivity contribution in [2.75, 3.05) is 30.9 Å². The molecule has 0 amide bonds. The number of methoxy groups -OCH3 is 1. The van der Waals surface area contributed by atoms with E-state index in [0.29, 0.717) is 41.1 Å². The Kier molecular flexibility index (Phi) is 8.72. The summed E-state index contributed by atoms with van der Waals surface area (Å²) in [7, 11) is 1.66. The topological polar surface area (TPSA) is 140 Å². The van der Waals surface area contributed by atoms with Gasteiger partial charge in [-0.3, -0.25) is 0 Å². The number of nitrogen functional groups attached to an aromatic ring is 1. The number of carbonyl (C=O) groups is 1. The van der Waals surface area contributed by atoms with E-state index in [0.717, 1.165) is 47.8 Å². The van der Waals surface area contributed by atoms with Gasteiger partial charge in [0.2, 0.25) is 5.82 Å². The van der Waals surface area contributed by atoms with Crippen LogP contribution in [0.15, 0.2) is 64.7 Å². The van der Waals surface area contributed by atoms with E-state index in [-0.39, 0.29) is 16.5 Å². The molecule has 11 nitrogen and oxygen atoms in total. The molecule has 3 N–H and O–H groups in total. The average Bonchev–Trinajstić information content (AvgIpc) is 3.60. The number of nitrogens with two attached hydrogens (primary N) is 1. The van der Waals surface area contributed by atoms with Crippen molar-refractivity contribution in [2.45, 2.75) is 72.8 Å². The number of ether oxygens (including phenoxy) is 2. The smallest absolute Gasteiger partial charge is 0.335 e. The Bertz CT molecular complexity index is 1970. The van der Waals surface area contributed by atoms with E-state index in [1.54, 1.807) is 13.2 Å². The molecule has 11 heteroatoms. The van der Waals surface area contributed by atoms with Crippen molar-refractivity contribution in [2.24, 2.45) is 15.5 Å². The fourth-order valence-electron chi connectivity index (χ4n) is 6.77. The lowest BCUT2D eigenvalue weighted by Crippen LogP contribution is -2.49. The lowest BCUT2D eigenvalue weighted by Gasteiger charge is -2.48. The molecular formula is C38H45N7O4. The number of carboxylic acids is 1. The summed E-state index contributed by atoms with van der Waals surface area (Å²) in [5.41, 5.74) is 12.4. The molecule has 0 radical (unpaired) electrons. The van der Waals surface area contributed by atoms with Gasteiger partial charge in [-0.15, -0.1) is 9.89 Å². The van der Waals surface area contributed by atoms with Crippen molar-refractivity contribution in [3.63, 3.8) is 0 Å². The Hall–Kier alpha value is -5.19. The molecule has 1 unspecified atom stereocenters. The molecule has 0 saturated heterocycles. The molecule has 0 fully saturated rings. The van der Waals surface area contributed by atoms with Gasteiger partial charge in [0, 0.05) is 34.4 Å². The van der Waals surface area contributed by atoms with E-state index >= 15 is 0 Å². The standard InChI is InChI=1S/C38H45N7O4/c1-22-16-31-29(23(2)21-38(6,7)44(31)14-9-15-49-28-12-10-27(48-8)11-13-28)20-30(22)40-32-33(37(3,4)5)42-45-35(32)41-34(43-45)24-17-25(36(46)47)19-26(39)18-24/h10-13,16-20,23H,9,14-15,21,39H2,1-8H3,(H,46,47)/b40-32-. The Balaban J connectivity index is 1.32. The Morgan fingerprint density at radius 2 is 1.82 bits per heavy atom. The predicted octanol–water partition coefficient (Wildman–Crippen LogP) is 7.49. The van der Waals surface area contributed by atoms with Crippen molar-refractivity contribution in [1.29, 1.82) is 0 Å². The molecule has 1 atom stereocenters. The summed E-state index contributed by atoms with van der Waals surface area (Å²) in [6, 6.07) is 16.8. The number of aromatic carboxylic acids is 1. The van der Waals surface area contributed by atoms with Gasteiger partial charge in [-0.05, 0) is 105 Å². The predicted molar refractivity (Wildman–Crippen MR) is 194 cm³/mol. The summed E-state index contributed by atoms with van der Waals surface area (Å²) in [5.74, 6) is 1.74. The van der Waals surface area contributed by atoms with Crippen LogP contribution in [0.4, 0.5) is 17.1 Å². The first kappa shape index (κ1) is 33.7. The van der Waals surface area contributed by atoms with Crippen LogP contribution in [0.25, 0.3) is 11.4 Å². The van der Waals surface area contributed by atoms with E-state index in [9.17, 15) is 9.90 Å². The van der Waals surface area contributed by atoms with Crippen LogP contribution in [0.1, 0.15) is 87.6 Å². The van der Waals surface area contributed by atoms with Crippen LogP contribution in [-0.2, 0) is 0 Å². The summed E-state index contributed by atoms with van der Waals surface area (Å²) in [4.78, 5) is 25.7. The molecule has 0 spiro atoms. The molecule has 2 aliphatic heterocycles. The maximum atomic E-state index is 11.7. The van der Waals surface area contributed by atoms with Gasteiger partial charge in [-0.2, -0.15) is 5.10 Å². The molecule has 3 aromatic carbocycles. The zero-order valence-corrected chi connectivity index (χ0v) is 29.5. The number of anilines is 2. The van der Waals surface area contributed by atoms with Gasteiger partial charge >= 0.3 is 5.97 Å². The van der Waals surface area contributed by atoms with E-state index in [1.807, 2.05) is 24.3 Å². The lowest BCUT2D eigenvalue weighted by atomic mass is 9.79. The third kappa shape index (κ3) is 6.75. The highest BCUT2D eigenvalue weighted by Crippen LogP contribution is 2.46. The van der Waals surface area contributed by atoms with Gasteiger partial charge in [-0.1, -0.05) is 27.7 Å². The number of nitrogens with zero attached hydrogens (tertiary/aromatic N) is 6. The SMILES string of the molecule is COc1ccc(OCCCN2c3cc(C)c(/N=C4/C(C(C)(C)C)=Nn5nc(-c6cc(N)cc(C(=O)O)c6)nc54)cc3C(C)CC2(C)C)cc1. The van der Waals surface area contributed by atoms with Crippen LogP contribution in [0.3, 0.4) is 0 Å². The number of aryl methyl sites for hydroxylation is 1. The molecule has 1 aromatic heterocycles. The highest BCUT2D eigenvalue weighted by Gasteiger charge is 2.38. The molecule has 3 heterocycles. The number of aliphatic imine (C=N–C) groups is 1. The minimum atomic E-state index is -1.07. The number of hydrogen-bond donors (Lipinski definition) is 2. The number of aromatic nitrogens is 3. The van der Waals surface area contributed by atoms with Crippen molar-refractivity contribution in [3.05, 3.63) is 77.1 Å². The molecule has 0 bridgehead atoms. The third-order valence-electron chi connectivity index (χ3n) is 9.18. The highest BCUT2D eigenvalue weighted by molar-refractivity contribution is 6.50. The summed E-state index contributed by atoms with van der Waals surface area (Å²) in [5, 5.41) is 19.0. The molecule has 49 heavy (non-hydrogen) atoms. The molecule has 6 rings (SSSR count). The zero-order chi connectivity index (χ0) is 35.2. The second-order valence-corrected chi connectivity index (χ2v) is 14.6. The molecule has 4 aromatic rings. The summed E-state index contributed by atoms with van der Waals surface area (Å²) >= 11 is 0. The van der Waals surface area contributed by atoms with Gasteiger partial charge in [0.15, 0.2) is 5.82 Å². The van der Waals surface area contributed by atoms with Crippen LogP contribution < -0.4 is 20.1 Å². The minimum absolute atomic E-state index is 0.0297. The second-order valence-electron chi connectivity index (χ2n) is 14.6. The fraction of sp³-hybridized carbons (Fsp3) is 0.395. The van der Waals surface area contributed by atoms with Crippen LogP contribution in [0, 0.1) is 12.3 Å². The minimum Gasteiger partial charge on any atom is -0.497 e. The molecule has 256 valence electrons. The largest absolute Gasteiger partial charge is 0.497 e. The van der Waals surface area contributed by atoms with Crippen LogP contribution >= 0.6 is 0 Å². The van der Waals surface area contributed by atoms with Crippen molar-refractivity contribution in [3.8, 4) is 22.9 Å². The normalized spacial score (nSPS) is 17.5. The summed E-state index contributed by atoms with van der Waals surface area (Å²) in [6.45, 7) is 16.7. The third-order valence-corrected chi connectivity index (χ3v) is 9.18. The van der Waals surface area contributed by atoms with E-state index in [1.165, 1.54) is 28.2 Å². The second kappa shape index (κ2) is 12.7. The van der Waals surface area contributed by atoms with Crippen LogP contribution in [0.5, 0.6) is 11.5 Å². The Labute approximate surface area is 287 Å². The van der Waals surface area contributed by atoms with Gasteiger partial charge in [0.05, 0.1) is 30.7 Å². The highest BCUT2D eigenvalue weighted by atomic mass is 16.5. The van der Waals surface area contributed by atoms with E-state index in [4.69, 9.17) is 30.3 Å². The Morgan fingerprint density at radius 3 is 2.49 bits per heavy atom. The quantitative estimate of drug-likeness (QED) is 0.139. The molecule has 2 aliphatic rings. The average molecular weight is 664 g/mol. The number of hydrogen-bond acceptors (Lipinski definition) is 9. The first-order valence-corrected chi connectivity index (χ1v) is 16.6. The van der Waals surface area contributed by atoms with Crippen molar-refractivity contribution < 1.29 is 19.4 Å². The molecular weight excluding hydrogens is 618 g/mol. The van der Waals surface area contributed by atoms with Crippen molar-refractivity contribution >= 4 is 34.5 Å². The lowest BCUT2D eigenvalue weighted by molar-refractivity contribution is 0.0697. The van der Waals surface area contributed by atoms with Crippen molar-refractivity contribution in [1.82, 2.24) is 14.9 Å².